The average molecular weight is 1890 g/mol. The van der Waals surface area contributed by atoms with Crippen LogP contribution >= 0.6 is 0 Å². The van der Waals surface area contributed by atoms with Gasteiger partial charge in [-0.05, 0) is 6.92 Å². The van der Waals surface area contributed by atoms with E-state index >= 15 is 0 Å². The molecule has 746 valence electrons. The van der Waals surface area contributed by atoms with Gasteiger partial charge in [-0.3, -0.25) is 24.0 Å². The van der Waals surface area contributed by atoms with Crippen LogP contribution in [-0.4, -0.2) is 540 Å². The second kappa shape index (κ2) is 46.6. The van der Waals surface area contributed by atoms with Crippen LogP contribution in [0.4, 0.5) is 0 Å². The van der Waals surface area contributed by atoms with Gasteiger partial charge in [0, 0.05) is 33.6 Å². The summed E-state index contributed by atoms with van der Waals surface area (Å²) in [4.78, 5) is 63.8. The Morgan fingerprint density at radius 1 is 0.349 bits per heavy atom. The van der Waals surface area contributed by atoms with Crippen LogP contribution in [0.15, 0.2) is 0 Å². The predicted octanol–water partition coefficient (Wildman–Crippen LogP) is -20.6. The number of aliphatic hydroxyl groups excluding tert-OH is 27. The highest BCUT2D eigenvalue weighted by Crippen LogP contribution is 2.44. The van der Waals surface area contributed by atoms with Gasteiger partial charge in [0.1, 0.15) is 226 Å². The molecule has 0 bridgehead atoms. The molecule has 0 aliphatic carbocycles. The molecule has 0 aromatic heterocycles. The maximum absolute atomic E-state index is 13.3. The molecule has 0 saturated carbocycles. The summed E-state index contributed by atoms with van der Waals surface area (Å²) in [5.41, 5.74) is 0. The van der Waals surface area contributed by atoms with E-state index in [0.29, 0.717) is 0 Å². The first-order chi connectivity index (χ1) is 61.0. The average Bonchev–Trinajstić information content (AvgIpc) is 0.760. The number of hydrogen-bond acceptors (Lipinski definition) is 52. The van der Waals surface area contributed by atoms with E-state index < -0.39 is 408 Å². The number of nitrogens with one attached hydrogen (secondary N) is 4. The van der Waals surface area contributed by atoms with E-state index in [-0.39, 0.29) is 6.47 Å². The minimum atomic E-state index is -2.90. The van der Waals surface area contributed by atoms with Gasteiger partial charge in [0.05, 0.1) is 96.8 Å². The maximum Gasteiger partial charge on any atom is 0.332 e. The third-order valence-electron chi connectivity index (χ3n) is 24.0. The predicted molar refractivity (Wildman–Crippen MR) is 399 cm³/mol. The fourth-order valence-corrected chi connectivity index (χ4v) is 17.0. The number of aliphatic hydroxyl groups is 27. The lowest BCUT2D eigenvalue weighted by Crippen LogP contribution is -2.71. The topological polar surface area (TPSA) is 864 Å². The van der Waals surface area contributed by atoms with Gasteiger partial charge in [0.25, 0.3) is 6.47 Å². The van der Waals surface area contributed by atoms with Crippen LogP contribution in [0.1, 0.15) is 48.0 Å². The molecule has 129 heavy (non-hydrogen) atoms. The fourth-order valence-electron chi connectivity index (χ4n) is 17.0. The normalized spacial score (nSPS) is 48.1. The van der Waals surface area contributed by atoms with E-state index in [2.05, 4.69) is 21.3 Å². The molecule has 56 nitrogen and oxygen atoms in total. The molecule has 10 fully saturated rings. The number of carbonyl (C=O) groups is 5. The molecule has 10 rings (SSSR count). The molecule has 4 amide bonds. The molecule has 0 radical (unpaired) electrons. The van der Waals surface area contributed by atoms with Gasteiger partial charge < -0.3 is 254 Å². The molecule has 0 aromatic carbocycles. The highest BCUT2D eigenvalue weighted by Gasteiger charge is 2.63. The van der Waals surface area contributed by atoms with Crippen LogP contribution in [0.5, 0.6) is 0 Å². The fraction of sp³-hybridized carbons (Fsp3) is 0.932. The van der Waals surface area contributed by atoms with Gasteiger partial charge in [-0.25, -0.2) is 0 Å². The summed E-state index contributed by atoms with van der Waals surface area (Å²) in [5, 5.41) is 313. The second-order valence-corrected chi connectivity index (χ2v) is 32.9. The van der Waals surface area contributed by atoms with E-state index in [1.165, 1.54) is 13.8 Å². The smallest absolute Gasteiger partial charge is 0.332 e. The van der Waals surface area contributed by atoms with Gasteiger partial charge >= 0.3 is 5.97 Å². The maximum atomic E-state index is 13.3. The Balaban J connectivity index is 0.973. The van der Waals surface area contributed by atoms with Crippen molar-refractivity contribution in [3.63, 3.8) is 0 Å². The molecule has 10 heterocycles. The van der Waals surface area contributed by atoms with Crippen LogP contribution in [0.25, 0.3) is 0 Å². The third-order valence-corrected chi connectivity index (χ3v) is 24.0. The lowest BCUT2D eigenvalue weighted by molar-refractivity contribution is -0.448. The van der Waals surface area contributed by atoms with Crippen molar-refractivity contribution in [1.29, 1.82) is 0 Å². The van der Waals surface area contributed by atoms with Crippen molar-refractivity contribution in [3.05, 3.63) is 0 Å². The largest absolute Gasteiger partial charge is 0.410 e. The first kappa shape index (κ1) is 107. The van der Waals surface area contributed by atoms with Crippen molar-refractivity contribution in [2.45, 2.75) is 354 Å². The summed E-state index contributed by atoms with van der Waals surface area (Å²) in [6.45, 7) is -4.84. The zero-order chi connectivity index (χ0) is 95.1. The highest BCUT2D eigenvalue weighted by atomic mass is 16.9. The first-order valence-electron chi connectivity index (χ1n) is 41.4. The zero-order valence-electron chi connectivity index (χ0n) is 70.0. The van der Waals surface area contributed by atoms with E-state index in [1.54, 1.807) is 0 Å². The Morgan fingerprint density at radius 3 is 1.08 bits per heavy atom. The molecular formula is C73H122N4O52. The zero-order valence-corrected chi connectivity index (χ0v) is 70.0. The van der Waals surface area contributed by atoms with Crippen molar-refractivity contribution in [1.82, 2.24) is 21.3 Å². The molecule has 10 aliphatic rings. The van der Waals surface area contributed by atoms with Crippen molar-refractivity contribution < 1.29 is 257 Å². The molecule has 0 spiro atoms. The van der Waals surface area contributed by atoms with E-state index in [9.17, 15) is 162 Å². The summed E-state index contributed by atoms with van der Waals surface area (Å²) in [7, 11) is 0. The number of ether oxygens (including phenoxy) is 20. The number of amides is 4. The number of carbonyl (C=O) groups excluding carboxylic acids is 5. The highest BCUT2D eigenvalue weighted by molar-refractivity contribution is 5.74. The second-order valence-electron chi connectivity index (χ2n) is 32.9. The monoisotopic (exact) mass is 1890 g/mol. The van der Waals surface area contributed by atoms with Crippen molar-refractivity contribution in [2.24, 2.45) is 5.92 Å². The Labute approximate surface area is 732 Å². The minimum absolute atomic E-state index is 0.259. The van der Waals surface area contributed by atoms with Gasteiger partial charge in [-0.2, -0.15) is 0 Å². The van der Waals surface area contributed by atoms with E-state index in [1.807, 2.05) is 0 Å². The molecule has 10 saturated heterocycles. The van der Waals surface area contributed by atoms with Crippen molar-refractivity contribution in [2.75, 3.05) is 66.1 Å². The van der Waals surface area contributed by atoms with Gasteiger partial charge in [-0.15, -0.1) is 0 Å². The van der Waals surface area contributed by atoms with Crippen LogP contribution < -0.4 is 21.3 Å². The summed E-state index contributed by atoms with van der Waals surface area (Å²) in [5.74, 6) is -7.59. The Morgan fingerprint density at radius 2 is 0.667 bits per heavy atom. The Kier molecular flexibility index (Phi) is 38.5. The quantitative estimate of drug-likeness (QED) is 0.0205. The summed E-state index contributed by atoms with van der Waals surface area (Å²) >= 11 is 0. The molecule has 10 aliphatic heterocycles. The third kappa shape index (κ3) is 23.7. The van der Waals surface area contributed by atoms with Crippen LogP contribution in [-0.2, 0) is 119 Å². The van der Waals surface area contributed by atoms with Gasteiger partial charge in [0.15, 0.2) is 50.3 Å². The van der Waals surface area contributed by atoms with Crippen LogP contribution in [0.3, 0.4) is 0 Å². The van der Waals surface area contributed by atoms with Gasteiger partial charge in [0.2, 0.25) is 23.6 Å². The van der Waals surface area contributed by atoms with Crippen LogP contribution in [0.2, 0.25) is 0 Å². The SMILES string of the molecule is CC(=O)NC1C(O)[C@H](O[C@@H]2OC(CO)[C@H](O)[C@H](O)C2O)[C@H](CO)O[C@H]1OC1[C@@H](OCC2O[C@@H](O[C@@H]3C(CO)O[C@@H](O[C@@H]4C(CO)O[C@@H](C)C(NC(C)=O)[C@H]4O)C(NC(C)=O)[C@H]3O)C(O)[C@@H](O[C@H]3O[C@H](CO)[C@@H](O)C(O)C3O[C@@H]3OC(CO)[C@@H](O[C@@H]4OC(CO)[C@H](O)[C@H](O[C@]5(OC=O)C[C@@H](O)[C@@H](C)C([C@H](O)[C@H](O)CO)O5)C4O)[C@H](O)C3NC(C)=O)[C@@H]2O)OC(CO)[C@@H](O)[C@@H]1O. The first-order valence-corrected chi connectivity index (χ1v) is 41.4. The standard InChI is InChI=1S/C73H122N4O52/c1-19-25(92)7-73(111-18-87,128-56(19)40(94)26(93)8-78)129-62-44(98)30(12-82)114-70(55(62)109)124-60-34(16-86)119-67(39(49(60)103)77-24(6)91)127-64-52(106)43(97)29(11-81)116-72(64)125-61-45(99)35(120-69(54(61)108)123-59-33(15-85)117-65(37(47(59)101)75-22(4)89)121-57-31(13-83)112-20(2)36(46(57)100)74-21(3)88)17-110-71-63(51(105)42(96)28(10-80)115-71)126-66-38(76-23(5)90)48(102)58(32(14-84)118-66)122-68-53(107)50(104)41(95)27(9-79)113-68/h18-20,25-72,78-86,92-109H,7-17H2,1-6H3,(H,74,88)(H,75,89)(H,76,90)(H,77,91)/t19-,20+,25-,26-,27?,28?,29-,30?,31?,32+,33?,34?,35?,36?,37?,38?,39?,40-,41+,42-,43-,44+,45-,46-,47-,48?,49-,50+,51+,52?,53?,54?,55?,56?,57-,58-,59-,60-,61+,62+,63?,64?,65+,66+,67+,68+,69+,70+,71+,72-,73+/m1/s1. The lowest BCUT2D eigenvalue weighted by Gasteiger charge is -2.51. The summed E-state index contributed by atoms with van der Waals surface area (Å²) in [6, 6.07) is -7.17. The molecule has 19 unspecified atom stereocenters. The lowest BCUT2D eigenvalue weighted by atomic mass is 9.87. The van der Waals surface area contributed by atoms with Crippen molar-refractivity contribution in [3.8, 4) is 0 Å². The van der Waals surface area contributed by atoms with Gasteiger partial charge in [-0.1, -0.05) is 6.92 Å². The van der Waals surface area contributed by atoms with Crippen molar-refractivity contribution >= 4 is 30.1 Å². The molecular weight excluding hydrogens is 1760 g/mol. The summed E-state index contributed by atoms with van der Waals surface area (Å²) < 4.78 is 119. The van der Waals surface area contributed by atoms with E-state index in [0.717, 1.165) is 27.7 Å². The van der Waals surface area contributed by atoms with Crippen LogP contribution in [0, 0.1) is 5.92 Å². The minimum Gasteiger partial charge on any atom is -0.410 e. The Hall–Kier alpha value is -4.49. The number of hydrogen-bond donors (Lipinski definition) is 31. The number of rotatable bonds is 36. The molecule has 56 heteroatoms. The summed E-state index contributed by atoms with van der Waals surface area (Å²) in [6.07, 6.45) is -94.8. The molecule has 31 N–H and O–H groups in total. The van der Waals surface area contributed by atoms with E-state index in [4.69, 9.17) is 94.7 Å². The Bertz CT molecular complexity index is 3520. The molecule has 51 atom stereocenters. The molecule has 0 aromatic rings.